The van der Waals surface area contributed by atoms with Gasteiger partial charge in [-0.15, -0.1) is 0 Å². The SMILES string of the molecule is COCCn1c(=O)c2c(n1Cc1ccccc1)CN(C(=O)c1cccc(C#N)c1)CC2. The van der Waals surface area contributed by atoms with E-state index in [0.717, 1.165) is 16.8 Å². The molecule has 4 rings (SSSR count). The lowest BCUT2D eigenvalue weighted by atomic mass is 10.0. The summed E-state index contributed by atoms with van der Waals surface area (Å²) in [6.45, 7) is 2.25. The summed E-state index contributed by atoms with van der Waals surface area (Å²) in [5.74, 6) is -0.133. The minimum absolute atomic E-state index is 0.0124. The molecule has 1 aromatic heterocycles. The van der Waals surface area contributed by atoms with Crippen LogP contribution in [0.2, 0.25) is 0 Å². The Balaban J connectivity index is 1.69. The molecule has 0 atom stereocenters. The number of rotatable bonds is 6. The van der Waals surface area contributed by atoms with Crippen molar-refractivity contribution in [3.05, 3.63) is 92.9 Å². The van der Waals surface area contributed by atoms with Crippen LogP contribution in [0.25, 0.3) is 0 Å². The van der Waals surface area contributed by atoms with Crippen molar-refractivity contribution < 1.29 is 9.53 Å². The molecule has 0 spiro atoms. The molecular formula is C24H24N4O3. The number of hydrogen-bond acceptors (Lipinski definition) is 4. The summed E-state index contributed by atoms with van der Waals surface area (Å²) in [6, 6.07) is 18.8. The minimum Gasteiger partial charge on any atom is -0.383 e. The van der Waals surface area contributed by atoms with Crippen LogP contribution in [0.3, 0.4) is 0 Å². The van der Waals surface area contributed by atoms with Gasteiger partial charge in [0.2, 0.25) is 0 Å². The van der Waals surface area contributed by atoms with Crippen molar-refractivity contribution in [2.24, 2.45) is 0 Å². The minimum atomic E-state index is -0.133. The Labute approximate surface area is 180 Å². The lowest BCUT2D eigenvalue weighted by Gasteiger charge is -2.28. The Morgan fingerprint density at radius 2 is 1.94 bits per heavy atom. The van der Waals surface area contributed by atoms with Gasteiger partial charge < -0.3 is 9.64 Å². The van der Waals surface area contributed by atoms with Crippen LogP contribution in [0.5, 0.6) is 0 Å². The van der Waals surface area contributed by atoms with E-state index in [9.17, 15) is 9.59 Å². The first-order valence-corrected chi connectivity index (χ1v) is 10.3. The molecule has 7 nitrogen and oxygen atoms in total. The van der Waals surface area contributed by atoms with Crippen LogP contribution in [-0.2, 0) is 30.8 Å². The number of methoxy groups -OCH3 is 1. The predicted molar refractivity (Wildman–Crippen MR) is 116 cm³/mol. The molecule has 0 aliphatic carbocycles. The smallest absolute Gasteiger partial charge is 0.270 e. The summed E-state index contributed by atoms with van der Waals surface area (Å²) in [7, 11) is 1.62. The summed E-state index contributed by atoms with van der Waals surface area (Å²) in [4.78, 5) is 28.0. The van der Waals surface area contributed by atoms with E-state index >= 15 is 0 Å². The van der Waals surface area contributed by atoms with E-state index in [0.29, 0.717) is 50.3 Å². The van der Waals surface area contributed by atoms with E-state index in [2.05, 4.69) is 6.07 Å². The quantitative estimate of drug-likeness (QED) is 0.618. The first-order chi connectivity index (χ1) is 15.1. The second-order valence-electron chi connectivity index (χ2n) is 7.56. The topological polar surface area (TPSA) is 80.3 Å². The van der Waals surface area contributed by atoms with Gasteiger partial charge in [0.25, 0.3) is 11.5 Å². The summed E-state index contributed by atoms with van der Waals surface area (Å²) < 4.78 is 8.92. The van der Waals surface area contributed by atoms with E-state index in [4.69, 9.17) is 10.00 Å². The average molecular weight is 416 g/mol. The standard InChI is InChI=1S/C24H24N4O3/c1-31-13-12-27-24(30)21-10-11-26(23(29)20-9-5-8-19(14-20)15-25)17-22(21)28(27)16-18-6-3-2-4-7-18/h2-9,14H,10-13,16-17H2,1H3. The normalized spacial score (nSPS) is 13.0. The number of amides is 1. The van der Waals surface area contributed by atoms with Gasteiger partial charge in [-0.05, 0) is 30.2 Å². The van der Waals surface area contributed by atoms with Gasteiger partial charge in [0, 0.05) is 24.8 Å². The van der Waals surface area contributed by atoms with Crippen LogP contribution >= 0.6 is 0 Å². The zero-order chi connectivity index (χ0) is 21.8. The Bertz CT molecular complexity index is 1190. The lowest BCUT2D eigenvalue weighted by molar-refractivity contribution is 0.0729. The number of benzene rings is 2. The Kier molecular flexibility index (Phi) is 6.01. The molecular weight excluding hydrogens is 392 g/mol. The maximum absolute atomic E-state index is 13.1. The van der Waals surface area contributed by atoms with Crippen LogP contribution in [-0.4, -0.2) is 40.4 Å². The van der Waals surface area contributed by atoms with E-state index in [1.165, 1.54) is 0 Å². The van der Waals surface area contributed by atoms with Crippen molar-refractivity contribution in [2.45, 2.75) is 26.1 Å². The maximum atomic E-state index is 13.1. The zero-order valence-corrected chi connectivity index (χ0v) is 17.5. The highest BCUT2D eigenvalue weighted by molar-refractivity contribution is 5.94. The van der Waals surface area contributed by atoms with Crippen molar-refractivity contribution in [3.8, 4) is 6.07 Å². The zero-order valence-electron chi connectivity index (χ0n) is 17.5. The van der Waals surface area contributed by atoms with E-state index in [-0.39, 0.29) is 11.5 Å². The monoisotopic (exact) mass is 416 g/mol. The fourth-order valence-corrected chi connectivity index (χ4v) is 4.04. The number of hydrogen-bond donors (Lipinski definition) is 0. The molecule has 0 saturated heterocycles. The first-order valence-electron chi connectivity index (χ1n) is 10.3. The molecule has 7 heteroatoms. The molecule has 1 aliphatic rings. The number of nitrogens with zero attached hydrogens (tertiary/aromatic N) is 4. The molecule has 0 N–H and O–H groups in total. The Hall–Kier alpha value is -3.63. The van der Waals surface area contributed by atoms with Crippen LogP contribution < -0.4 is 5.56 Å². The number of ether oxygens (including phenoxy) is 1. The van der Waals surface area contributed by atoms with Crippen molar-refractivity contribution in [2.75, 3.05) is 20.3 Å². The van der Waals surface area contributed by atoms with Gasteiger partial charge in [0.05, 0.1) is 43.6 Å². The van der Waals surface area contributed by atoms with Gasteiger partial charge in [0.1, 0.15) is 0 Å². The fourth-order valence-electron chi connectivity index (χ4n) is 4.04. The summed E-state index contributed by atoms with van der Waals surface area (Å²) >= 11 is 0. The summed E-state index contributed by atoms with van der Waals surface area (Å²) in [5.41, 5.74) is 3.63. The van der Waals surface area contributed by atoms with E-state index < -0.39 is 0 Å². The highest BCUT2D eigenvalue weighted by Crippen LogP contribution is 2.21. The summed E-state index contributed by atoms with van der Waals surface area (Å²) in [5, 5.41) is 9.14. The molecule has 158 valence electrons. The van der Waals surface area contributed by atoms with Crippen LogP contribution in [0, 0.1) is 11.3 Å². The van der Waals surface area contributed by atoms with Gasteiger partial charge in [-0.1, -0.05) is 36.4 Å². The second kappa shape index (κ2) is 9.02. The maximum Gasteiger partial charge on any atom is 0.270 e. The molecule has 0 fully saturated rings. The predicted octanol–water partition coefficient (Wildman–Crippen LogP) is 2.41. The molecule has 0 saturated carbocycles. The molecule has 0 radical (unpaired) electrons. The molecule has 2 heterocycles. The van der Waals surface area contributed by atoms with Gasteiger partial charge in [-0.25, -0.2) is 4.68 Å². The van der Waals surface area contributed by atoms with E-state index in [1.807, 2.05) is 35.0 Å². The third-order valence-electron chi connectivity index (χ3n) is 5.62. The highest BCUT2D eigenvalue weighted by Gasteiger charge is 2.29. The van der Waals surface area contributed by atoms with Crippen molar-refractivity contribution in [1.82, 2.24) is 14.3 Å². The molecule has 0 bridgehead atoms. The molecule has 1 amide bonds. The Morgan fingerprint density at radius 1 is 1.13 bits per heavy atom. The van der Waals surface area contributed by atoms with Crippen LogP contribution in [0.15, 0.2) is 59.4 Å². The van der Waals surface area contributed by atoms with E-state index in [1.54, 1.807) is 41.0 Å². The molecule has 31 heavy (non-hydrogen) atoms. The number of fused-ring (bicyclic) bond motifs is 1. The largest absolute Gasteiger partial charge is 0.383 e. The van der Waals surface area contributed by atoms with Crippen LogP contribution in [0.4, 0.5) is 0 Å². The second-order valence-corrected chi connectivity index (χ2v) is 7.56. The Morgan fingerprint density at radius 3 is 2.68 bits per heavy atom. The van der Waals surface area contributed by atoms with Crippen LogP contribution in [0.1, 0.15) is 32.7 Å². The van der Waals surface area contributed by atoms with Crippen molar-refractivity contribution in [3.63, 3.8) is 0 Å². The lowest BCUT2D eigenvalue weighted by Crippen LogP contribution is -2.37. The average Bonchev–Trinajstić information content (AvgIpc) is 3.08. The number of carbonyl (C=O) groups is 1. The number of aromatic nitrogens is 2. The third kappa shape index (κ3) is 4.16. The van der Waals surface area contributed by atoms with Crippen molar-refractivity contribution >= 4 is 5.91 Å². The highest BCUT2D eigenvalue weighted by atomic mass is 16.5. The molecule has 1 aliphatic heterocycles. The third-order valence-corrected chi connectivity index (χ3v) is 5.62. The molecule has 2 aromatic carbocycles. The van der Waals surface area contributed by atoms with Gasteiger partial charge in [-0.2, -0.15) is 5.26 Å². The fraction of sp³-hybridized carbons (Fsp3) is 0.292. The van der Waals surface area contributed by atoms with Gasteiger partial charge in [-0.3, -0.25) is 14.3 Å². The van der Waals surface area contributed by atoms with Gasteiger partial charge in [0.15, 0.2) is 0 Å². The van der Waals surface area contributed by atoms with Crippen molar-refractivity contribution in [1.29, 1.82) is 5.26 Å². The summed E-state index contributed by atoms with van der Waals surface area (Å²) in [6.07, 6.45) is 0.507. The number of nitriles is 1. The first kappa shape index (κ1) is 20.6. The molecule has 3 aromatic rings. The molecule has 0 unspecified atom stereocenters. The number of carbonyl (C=O) groups excluding carboxylic acids is 1. The van der Waals surface area contributed by atoms with Gasteiger partial charge >= 0.3 is 0 Å².